The average Bonchev–Trinajstić information content (AvgIpc) is 2.66. The highest BCUT2D eigenvalue weighted by atomic mass is 32.2. The molecule has 7 heteroatoms. The van der Waals surface area contributed by atoms with Crippen molar-refractivity contribution in [3.63, 3.8) is 0 Å². The lowest BCUT2D eigenvalue weighted by Gasteiger charge is -2.17. The molecule has 3 aromatic rings. The van der Waals surface area contributed by atoms with E-state index < -0.39 is 15.3 Å². The zero-order chi connectivity index (χ0) is 20.0. The Hall–Kier alpha value is -2.77. The summed E-state index contributed by atoms with van der Waals surface area (Å²) in [4.78, 5) is 14.0. The van der Waals surface area contributed by atoms with E-state index in [0.717, 1.165) is 16.7 Å². The van der Waals surface area contributed by atoms with Crippen LogP contribution in [0.5, 0.6) is 0 Å². The summed E-state index contributed by atoms with van der Waals surface area (Å²) in [5.74, 6) is -0.184. The molecule has 3 rings (SSSR count). The molecule has 0 aliphatic heterocycles. The van der Waals surface area contributed by atoms with Gasteiger partial charge in [0.2, 0.25) is 15.9 Å². The first-order valence-corrected chi connectivity index (χ1v) is 11.3. The summed E-state index contributed by atoms with van der Waals surface area (Å²) < 4.78 is 25.3. The van der Waals surface area contributed by atoms with Gasteiger partial charge in [0, 0.05) is 10.6 Å². The van der Waals surface area contributed by atoms with Gasteiger partial charge in [0.25, 0.3) is 0 Å². The van der Waals surface area contributed by atoms with Gasteiger partial charge < -0.3 is 5.32 Å². The van der Waals surface area contributed by atoms with E-state index in [1.165, 1.54) is 11.8 Å². The van der Waals surface area contributed by atoms with Crippen LogP contribution in [0.1, 0.15) is 10.8 Å². The fraction of sp³-hybridized carbons (Fsp3) is 0.0952. The Kier molecular flexibility index (Phi) is 6.38. The first-order valence-electron chi connectivity index (χ1n) is 8.56. The van der Waals surface area contributed by atoms with Gasteiger partial charge in [-0.25, -0.2) is 8.42 Å². The molecule has 0 heterocycles. The van der Waals surface area contributed by atoms with Crippen molar-refractivity contribution in [2.45, 2.75) is 10.1 Å². The number of sulfonamides is 1. The summed E-state index contributed by atoms with van der Waals surface area (Å²) in [6.45, 7) is 0. The van der Waals surface area contributed by atoms with E-state index >= 15 is 0 Å². The molecule has 0 saturated carbocycles. The van der Waals surface area contributed by atoms with E-state index in [1.807, 2.05) is 60.7 Å². The number of carbonyl (C=O) groups is 1. The Labute approximate surface area is 169 Å². The molecule has 3 aromatic carbocycles. The van der Waals surface area contributed by atoms with Crippen molar-refractivity contribution in [2.24, 2.45) is 0 Å². The predicted octanol–water partition coefficient (Wildman–Crippen LogP) is 4.53. The van der Waals surface area contributed by atoms with Gasteiger partial charge >= 0.3 is 0 Å². The second-order valence-corrected chi connectivity index (χ2v) is 9.09. The molecule has 0 spiro atoms. The van der Waals surface area contributed by atoms with Crippen LogP contribution < -0.4 is 10.0 Å². The molecule has 5 nitrogen and oxygen atoms in total. The predicted molar refractivity (Wildman–Crippen MR) is 115 cm³/mol. The molecule has 0 saturated heterocycles. The summed E-state index contributed by atoms with van der Waals surface area (Å²) in [5, 5.41) is 2.44. The maximum Gasteiger partial charge on any atom is 0.242 e. The van der Waals surface area contributed by atoms with E-state index in [-0.39, 0.29) is 5.91 Å². The third kappa shape index (κ3) is 5.87. The second-order valence-electron chi connectivity index (χ2n) is 6.17. The highest BCUT2D eigenvalue weighted by Crippen LogP contribution is 2.36. The number of hydrogen-bond acceptors (Lipinski definition) is 4. The fourth-order valence-electron chi connectivity index (χ4n) is 2.62. The maximum absolute atomic E-state index is 13.0. The van der Waals surface area contributed by atoms with Gasteiger partial charge in [0.1, 0.15) is 5.25 Å². The Morgan fingerprint density at radius 3 is 2.11 bits per heavy atom. The first-order chi connectivity index (χ1) is 13.4. The van der Waals surface area contributed by atoms with Gasteiger partial charge in [-0.15, -0.1) is 11.8 Å². The summed E-state index contributed by atoms with van der Waals surface area (Å²) in [6.07, 6.45) is 1.08. The third-order valence-corrected chi connectivity index (χ3v) is 5.64. The van der Waals surface area contributed by atoms with E-state index in [9.17, 15) is 13.2 Å². The number of nitrogens with one attached hydrogen (secondary N) is 2. The SMILES string of the molecule is CS(=O)(=O)Nc1cccc(NC(=O)[C@H](Sc2ccccc2)c2ccccc2)c1. The molecule has 0 unspecified atom stereocenters. The minimum absolute atomic E-state index is 0.184. The Morgan fingerprint density at radius 1 is 0.857 bits per heavy atom. The summed E-state index contributed by atoms with van der Waals surface area (Å²) in [7, 11) is -3.39. The lowest BCUT2D eigenvalue weighted by Crippen LogP contribution is -2.19. The normalized spacial score (nSPS) is 12.2. The van der Waals surface area contributed by atoms with Crippen molar-refractivity contribution in [1.82, 2.24) is 0 Å². The van der Waals surface area contributed by atoms with E-state index in [1.54, 1.807) is 24.3 Å². The summed E-state index contributed by atoms with van der Waals surface area (Å²) >= 11 is 1.46. The van der Waals surface area contributed by atoms with Crippen molar-refractivity contribution in [2.75, 3.05) is 16.3 Å². The van der Waals surface area contributed by atoms with E-state index in [4.69, 9.17) is 0 Å². The van der Waals surface area contributed by atoms with Crippen molar-refractivity contribution in [3.05, 3.63) is 90.5 Å². The lowest BCUT2D eigenvalue weighted by atomic mass is 10.1. The topological polar surface area (TPSA) is 75.3 Å². The Morgan fingerprint density at radius 2 is 1.46 bits per heavy atom. The van der Waals surface area contributed by atoms with Gasteiger partial charge in [-0.2, -0.15) is 0 Å². The van der Waals surface area contributed by atoms with Crippen molar-refractivity contribution in [3.8, 4) is 0 Å². The van der Waals surface area contributed by atoms with Crippen LogP contribution in [-0.2, 0) is 14.8 Å². The van der Waals surface area contributed by atoms with Crippen LogP contribution >= 0.6 is 11.8 Å². The van der Waals surface area contributed by atoms with Crippen LogP contribution in [0.2, 0.25) is 0 Å². The van der Waals surface area contributed by atoms with E-state index in [0.29, 0.717) is 11.4 Å². The monoisotopic (exact) mass is 412 g/mol. The number of carbonyl (C=O) groups excluding carboxylic acids is 1. The molecule has 0 fully saturated rings. The molecule has 0 bridgehead atoms. The highest BCUT2D eigenvalue weighted by molar-refractivity contribution is 8.00. The van der Waals surface area contributed by atoms with Gasteiger partial charge in [0.15, 0.2) is 0 Å². The molecule has 28 heavy (non-hydrogen) atoms. The third-order valence-electron chi connectivity index (χ3n) is 3.77. The van der Waals surface area contributed by atoms with Crippen LogP contribution in [0.15, 0.2) is 89.8 Å². The number of hydrogen-bond donors (Lipinski definition) is 2. The molecule has 0 aromatic heterocycles. The smallest absolute Gasteiger partial charge is 0.242 e. The molecule has 0 aliphatic carbocycles. The van der Waals surface area contributed by atoms with Crippen LogP contribution in [0.3, 0.4) is 0 Å². The zero-order valence-corrected chi connectivity index (χ0v) is 16.8. The van der Waals surface area contributed by atoms with Gasteiger partial charge in [-0.1, -0.05) is 54.6 Å². The molecule has 2 N–H and O–H groups in total. The molecule has 1 atom stereocenters. The molecule has 1 amide bonds. The first kappa shape index (κ1) is 20.0. The van der Waals surface area contributed by atoms with Crippen molar-refractivity contribution >= 4 is 39.1 Å². The quantitative estimate of drug-likeness (QED) is 0.559. The van der Waals surface area contributed by atoms with Gasteiger partial charge in [0.05, 0.1) is 11.9 Å². The molecule has 144 valence electrons. The van der Waals surface area contributed by atoms with Crippen LogP contribution in [0, 0.1) is 0 Å². The lowest BCUT2D eigenvalue weighted by molar-refractivity contribution is -0.115. The van der Waals surface area contributed by atoms with E-state index in [2.05, 4.69) is 10.0 Å². The summed E-state index contributed by atoms with van der Waals surface area (Å²) in [6, 6.07) is 25.9. The van der Waals surface area contributed by atoms with Gasteiger partial charge in [-0.3, -0.25) is 9.52 Å². The fourth-order valence-corrected chi connectivity index (χ4v) is 4.22. The highest BCUT2D eigenvalue weighted by Gasteiger charge is 2.22. The number of thioether (sulfide) groups is 1. The van der Waals surface area contributed by atoms with Crippen LogP contribution in [0.25, 0.3) is 0 Å². The molecular formula is C21H20N2O3S2. The number of amides is 1. The minimum Gasteiger partial charge on any atom is -0.325 e. The molecule has 0 aliphatic rings. The minimum atomic E-state index is -3.39. The number of rotatable bonds is 7. The zero-order valence-electron chi connectivity index (χ0n) is 15.2. The maximum atomic E-state index is 13.0. The molecular weight excluding hydrogens is 392 g/mol. The van der Waals surface area contributed by atoms with Crippen molar-refractivity contribution < 1.29 is 13.2 Å². The van der Waals surface area contributed by atoms with Crippen molar-refractivity contribution in [1.29, 1.82) is 0 Å². The average molecular weight is 413 g/mol. The number of benzene rings is 3. The Balaban J connectivity index is 1.83. The number of anilines is 2. The largest absolute Gasteiger partial charge is 0.325 e. The second kappa shape index (κ2) is 8.95. The standard InChI is InChI=1S/C21H20N2O3S2/c1-28(25,26)23-18-12-8-11-17(15-18)22-21(24)20(16-9-4-2-5-10-16)27-19-13-6-3-7-14-19/h2-15,20,23H,1H3,(H,22,24)/t20-/m1/s1. The van der Waals surface area contributed by atoms with Crippen LogP contribution in [0.4, 0.5) is 11.4 Å². The summed E-state index contributed by atoms with van der Waals surface area (Å²) in [5.41, 5.74) is 1.81. The molecule has 0 radical (unpaired) electrons. The van der Waals surface area contributed by atoms with Gasteiger partial charge in [-0.05, 0) is 35.9 Å². The Bertz CT molecular complexity index is 1040. The van der Waals surface area contributed by atoms with Crippen LogP contribution in [-0.4, -0.2) is 20.6 Å².